The molecule has 0 aliphatic carbocycles. The van der Waals surface area contributed by atoms with Crippen molar-refractivity contribution in [2.75, 3.05) is 0 Å². The SMILES string of the molecule is Cc1nc(Cc2cnccn2)sc1-c1ccc(Cl)c(S(N)(=O)=O)c1. The fourth-order valence-electron chi connectivity index (χ4n) is 2.23. The molecule has 0 amide bonds. The summed E-state index contributed by atoms with van der Waals surface area (Å²) in [5.41, 5.74) is 2.34. The number of aryl methyl sites for hydroxylation is 1. The number of hydrogen-bond acceptors (Lipinski definition) is 6. The van der Waals surface area contributed by atoms with Gasteiger partial charge in [-0.15, -0.1) is 11.3 Å². The van der Waals surface area contributed by atoms with Crippen molar-refractivity contribution in [3.05, 3.63) is 58.2 Å². The van der Waals surface area contributed by atoms with Crippen LogP contribution in [0.5, 0.6) is 0 Å². The largest absolute Gasteiger partial charge is 0.261 e. The average Bonchev–Trinajstić information content (AvgIpc) is 2.88. The summed E-state index contributed by atoms with van der Waals surface area (Å²) in [6.45, 7) is 1.87. The first-order chi connectivity index (χ1) is 11.3. The Kier molecular flexibility index (Phi) is 4.64. The second-order valence-electron chi connectivity index (χ2n) is 5.09. The van der Waals surface area contributed by atoms with Crippen LogP contribution in [0.1, 0.15) is 16.4 Å². The molecular weight excluding hydrogens is 368 g/mol. The van der Waals surface area contributed by atoms with E-state index in [1.807, 2.05) is 6.92 Å². The highest BCUT2D eigenvalue weighted by Gasteiger charge is 2.17. The molecule has 0 radical (unpaired) electrons. The van der Waals surface area contributed by atoms with Gasteiger partial charge in [0.15, 0.2) is 0 Å². The number of benzene rings is 1. The smallest absolute Gasteiger partial charge is 0.239 e. The molecule has 2 heterocycles. The van der Waals surface area contributed by atoms with Crippen molar-refractivity contribution in [1.82, 2.24) is 15.0 Å². The van der Waals surface area contributed by atoms with Crippen molar-refractivity contribution in [2.24, 2.45) is 5.14 Å². The second kappa shape index (κ2) is 6.56. The Labute approximate surface area is 148 Å². The maximum absolute atomic E-state index is 11.6. The van der Waals surface area contributed by atoms with Crippen LogP contribution in [0.4, 0.5) is 0 Å². The highest BCUT2D eigenvalue weighted by molar-refractivity contribution is 7.89. The van der Waals surface area contributed by atoms with Crippen LogP contribution in [0.15, 0.2) is 41.7 Å². The number of nitrogens with two attached hydrogens (primary N) is 1. The van der Waals surface area contributed by atoms with Crippen LogP contribution in [-0.4, -0.2) is 23.4 Å². The Hall–Kier alpha value is -1.87. The maximum Gasteiger partial charge on any atom is 0.239 e. The lowest BCUT2D eigenvalue weighted by Crippen LogP contribution is -2.12. The van der Waals surface area contributed by atoms with Crippen molar-refractivity contribution >= 4 is 33.0 Å². The first-order valence-electron chi connectivity index (χ1n) is 6.88. The minimum absolute atomic E-state index is 0.0926. The fraction of sp³-hybridized carbons (Fsp3) is 0.133. The Morgan fingerprint density at radius 2 is 2.08 bits per heavy atom. The monoisotopic (exact) mass is 380 g/mol. The molecule has 9 heteroatoms. The van der Waals surface area contributed by atoms with Crippen molar-refractivity contribution in [1.29, 1.82) is 0 Å². The molecule has 0 spiro atoms. The number of hydrogen-bond donors (Lipinski definition) is 1. The van der Waals surface area contributed by atoms with E-state index in [4.69, 9.17) is 16.7 Å². The van der Waals surface area contributed by atoms with Gasteiger partial charge in [-0.25, -0.2) is 18.5 Å². The third kappa shape index (κ3) is 3.62. The third-order valence-corrected chi connectivity index (χ3v) is 5.89. The lowest BCUT2D eigenvalue weighted by molar-refractivity contribution is 0.598. The van der Waals surface area contributed by atoms with Gasteiger partial charge in [0.2, 0.25) is 10.0 Å². The number of aromatic nitrogens is 3. The van der Waals surface area contributed by atoms with Gasteiger partial charge in [0.05, 0.1) is 26.3 Å². The fourth-order valence-corrected chi connectivity index (χ4v) is 4.38. The summed E-state index contributed by atoms with van der Waals surface area (Å²) in [5.74, 6) is 0. The number of rotatable bonds is 4. The molecule has 0 fully saturated rings. The van der Waals surface area contributed by atoms with Crippen molar-refractivity contribution in [2.45, 2.75) is 18.2 Å². The maximum atomic E-state index is 11.6. The number of primary sulfonamides is 1. The van der Waals surface area contributed by atoms with Gasteiger partial charge in [0.1, 0.15) is 4.90 Å². The highest BCUT2D eigenvalue weighted by Crippen LogP contribution is 2.34. The molecule has 0 unspecified atom stereocenters. The van der Waals surface area contributed by atoms with Gasteiger partial charge in [0, 0.05) is 25.0 Å². The predicted octanol–water partition coefficient (Wildman–Crippen LogP) is 2.80. The van der Waals surface area contributed by atoms with Crippen LogP contribution >= 0.6 is 22.9 Å². The normalized spacial score (nSPS) is 11.6. The molecule has 1 aromatic carbocycles. The van der Waals surface area contributed by atoms with E-state index in [1.165, 1.54) is 23.5 Å². The van der Waals surface area contributed by atoms with Gasteiger partial charge >= 0.3 is 0 Å². The summed E-state index contributed by atoms with van der Waals surface area (Å²) in [7, 11) is -3.88. The summed E-state index contributed by atoms with van der Waals surface area (Å²) in [6, 6.07) is 4.76. The molecule has 2 aromatic heterocycles. The Morgan fingerprint density at radius 3 is 2.75 bits per heavy atom. The zero-order chi connectivity index (χ0) is 17.3. The average molecular weight is 381 g/mol. The molecule has 3 rings (SSSR count). The third-order valence-electron chi connectivity index (χ3n) is 3.29. The molecule has 24 heavy (non-hydrogen) atoms. The van der Waals surface area contributed by atoms with Gasteiger partial charge in [-0.2, -0.15) is 0 Å². The van der Waals surface area contributed by atoms with Crippen LogP contribution < -0.4 is 5.14 Å². The van der Waals surface area contributed by atoms with E-state index in [1.54, 1.807) is 24.7 Å². The van der Waals surface area contributed by atoms with Crippen molar-refractivity contribution in [3.63, 3.8) is 0 Å². The molecule has 6 nitrogen and oxygen atoms in total. The van der Waals surface area contributed by atoms with Gasteiger partial charge in [0.25, 0.3) is 0 Å². The van der Waals surface area contributed by atoms with E-state index in [0.29, 0.717) is 12.0 Å². The van der Waals surface area contributed by atoms with Crippen molar-refractivity contribution < 1.29 is 8.42 Å². The van der Waals surface area contributed by atoms with Gasteiger partial charge < -0.3 is 0 Å². The molecule has 3 aromatic rings. The van der Waals surface area contributed by atoms with E-state index in [-0.39, 0.29) is 9.92 Å². The molecule has 0 atom stereocenters. The highest BCUT2D eigenvalue weighted by atomic mass is 35.5. The van der Waals surface area contributed by atoms with E-state index in [9.17, 15) is 8.42 Å². The van der Waals surface area contributed by atoms with E-state index >= 15 is 0 Å². The quantitative estimate of drug-likeness (QED) is 0.750. The summed E-state index contributed by atoms with van der Waals surface area (Å²) < 4.78 is 23.3. The van der Waals surface area contributed by atoms with E-state index in [0.717, 1.165) is 21.3 Å². The zero-order valence-electron chi connectivity index (χ0n) is 12.6. The summed E-state index contributed by atoms with van der Waals surface area (Å²) in [6.07, 6.45) is 5.51. The zero-order valence-corrected chi connectivity index (χ0v) is 15.0. The van der Waals surface area contributed by atoms with Gasteiger partial charge in [-0.3, -0.25) is 9.97 Å². The van der Waals surface area contributed by atoms with Crippen molar-refractivity contribution in [3.8, 4) is 10.4 Å². The Balaban J connectivity index is 1.99. The van der Waals surface area contributed by atoms with E-state index < -0.39 is 10.0 Å². The molecule has 0 aliphatic heterocycles. The first-order valence-corrected chi connectivity index (χ1v) is 9.62. The van der Waals surface area contributed by atoms with E-state index in [2.05, 4.69) is 15.0 Å². The van der Waals surface area contributed by atoms with Gasteiger partial charge in [-0.1, -0.05) is 17.7 Å². The molecule has 0 saturated carbocycles. The number of nitrogens with zero attached hydrogens (tertiary/aromatic N) is 3. The molecule has 2 N–H and O–H groups in total. The molecule has 0 aliphatic rings. The number of thiazole rings is 1. The van der Waals surface area contributed by atoms with Crippen LogP contribution in [-0.2, 0) is 16.4 Å². The second-order valence-corrected chi connectivity index (χ2v) is 8.11. The standard InChI is InChI=1S/C15H13ClN4O2S2/c1-9-15(10-2-3-12(16)13(6-10)24(17,21)22)23-14(20-9)7-11-8-18-4-5-19-11/h2-6,8H,7H2,1H3,(H2,17,21,22). The molecular formula is C15H13ClN4O2S2. The topological polar surface area (TPSA) is 98.8 Å². The lowest BCUT2D eigenvalue weighted by Gasteiger charge is -2.05. The summed E-state index contributed by atoms with van der Waals surface area (Å²) in [5, 5.41) is 6.18. The first kappa shape index (κ1) is 17.0. The Bertz CT molecular complexity index is 988. The summed E-state index contributed by atoms with van der Waals surface area (Å²) in [4.78, 5) is 13.6. The number of sulfonamides is 1. The van der Waals surface area contributed by atoms with Crippen LogP contribution in [0, 0.1) is 6.92 Å². The lowest BCUT2D eigenvalue weighted by atomic mass is 10.1. The molecule has 124 valence electrons. The molecule has 0 saturated heterocycles. The predicted molar refractivity (Wildman–Crippen MR) is 93.5 cm³/mol. The minimum Gasteiger partial charge on any atom is -0.261 e. The minimum atomic E-state index is -3.88. The summed E-state index contributed by atoms with van der Waals surface area (Å²) >= 11 is 7.41. The molecule has 0 bridgehead atoms. The Morgan fingerprint density at radius 1 is 1.29 bits per heavy atom. The van der Waals surface area contributed by atoms with Crippen LogP contribution in [0.3, 0.4) is 0 Å². The van der Waals surface area contributed by atoms with Gasteiger partial charge in [-0.05, 0) is 24.6 Å². The van der Waals surface area contributed by atoms with Crippen LogP contribution in [0.2, 0.25) is 5.02 Å². The van der Waals surface area contributed by atoms with Crippen LogP contribution in [0.25, 0.3) is 10.4 Å². The number of halogens is 1.